The average Bonchev–Trinajstić information content (AvgIpc) is 2.78. The zero-order chi connectivity index (χ0) is 12.3. The molecule has 0 unspecified atom stereocenters. The summed E-state index contributed by atoms with van der Waals surface area (Å²) in [5.41, 5.74) is 7.55. The lowest BCUT2D eigenvalue weighted by atomic mass is 10.1. The van der Waals surface area contributed by atoms with Crippen LogP contribution in [-0.2, 0) is 13.1 Å². The largest absolute Gasteiger partial charge is 0.326 e. The van der Waals surface area contributed by atoms with Gasteiger partial charge in [0.1, 0.15) is 5.82 Å². The molecule has 2 N–H and O–H groups in total. The molecule has 0 fully saturated rings. The van der Waals surface area contributed by atoms with E-state index in [1.54, 1.807) is 16.9 Å². The van der Waals surface area contributed by atoms with Gasteiger partial charge in [-0.25, -0.2) is 9.07 Å². The molecule has 1 aromatic heterocycles. The maximum Gasteiger partial charge on any atom is 0.128 e. The van der Waals surface area contributed by atoms with Gasteiger partial charge < -0.3 is 5.73 Å². The van der Waals surface area contributed by atoms with E-state index >= 15 is 0 Å². The molecule has 0 aliphatic rings. The summed E-state index contributed by atoms with van der Waals surface area (Å²) in [4.78, 5) is 0. The molecule has 4 nitrogen and oxygen atoms in total. The number of hydrogen-bond acceptors (Lipinski definition) is 3. The van der Waals surface area contributed by atoms with Gasteiger partial charge in [-0.2, -0.15) is 0 Å². The average molecular weight is 234 g/mol. The fourth-order valence-corrected chi connectivity index (χ4v) is 1.73. The van der Waals surface area contributed by atoms with E-state index in [9.17, 15) is 4.39 Å². The highest BCUT2D eigenvalue weighted by Crippen LogP contribution is 2.21. The lowest BCUT2D eigenvalue weighted by Gasteiger charge is -2.06. The van der Waals surface area contributed by atoms with Crippen LogP contribution >= 0.6 is 0 Å². The van der Waals surface area contributed by atoms with E-state index in [-0.39, 0.29) is 12.4 Å². The molecule has 1 heterocycles. The minimum Gasteiger partial charge on any atom is -0.326 e. The number of nitrogens with zero attached hydrogens (tertiary/aromatic N) is 3. The van der Waals surface area contributed by atoms with Gasteiger partial charge in [0.05, 0.1) is 11.9 Å². The highest BCUT2D eigenvalue weighted by atomic mass is 19.1. The van der Waals surface area contributed by atoms with E-state index in [0.717, 1.165) is 24.2 Å². The van der Waals surface area contributed by atoms with Gasteiger partial charge in [0.2, 0.25) is 0 Å². The summed E-state index contributed by atoms with van der Waals surface area (Å²) in [7, 11) is 0. The number of benzene rings is 1. The van der Waals surface area contributed by atoms with Crippen molar-refractivity contribution in [1.82, 2.24) is 15.0 Å². The van der Waals surface area contributed by atoms with E-state index in [0.29, 0.717) is 5.56 Å². The zero-order valence-corrected chi connectivity index (χ0v) is 9.73. The number of aromatic nitrogens is 3. The smallest absolute Gasteiger partial charge is 0.128 e. The molecule has 0 aliphatic heterocycles. The summed E-state index contributed by atoms with van der Waals surface area (Å²) in [5.74, 6) is -0.283. The molecule has 0 amide bonds. The van der Waals surface area contributed by atoms with Crippen molar-refractivity contribution in [3.05, 3.63) is 35.8 Å². The molecule has 2 rings (SSSR count). The van der Waals surface area contributed by atoms with Crippen LogP contribution in [0.15, 0.2) is 24.4 Å². The minimum atomic E-state index is -0.283. The summed E-state index contributed by atoms with van der Waals surface area (Å²) < 4.78 is 15.4. The van der Waals surface area contributed by atoms with Crippen LogP contribution in [0.25, 0.3) is 11.3 Å². The van der Waals surface area contributed by atoms with Crippen molar-refractivity contribution in [2.24, 2.45) is 5.73 Å². The van der Waals surface area contributed by atoms with E-state index in [2.05, 4.69) is 17.2 Å². The van der Waals surface area contributed by atoms with Crippen LogP contribution in [0, 0.1) is 5.82 Å². The van der Waals surface area contributed by atoms with E-state index < -0.39 is 0 Å². The van der Waals surface area contributed by atoms with Crippen LogP contribution in [0.4, 0.5) is 4.39 Å². The van der Waals surface area contributed by atoms with E-state index in [4.69, 9.17) is 5.73 Å². The third-order valence-electron chi connectivity index (χ3n) is 2.62. The Morgan fingerprint density at radius 2 is 2.24 bits per heavy atom. The molecule has 5 heteroatoms. The van der Waals surface area contributed by atoms with Crippen molar-refractivity contribution < 1.29 is 4.39 Å². The Morgan fingerprint density at radius 3 is 2.88 bits per heavy atom. The molecule has 2 aromatic rings. The molecule has 1 aromatic carbocycles. The van der Waals surface area contributed by atoms with Crippen LogP contribution in [0.1, 0.15) is 18.9 Å². The molecule has 0 saturated carbocycles. The molecule has 0 bridgehead atoms. The van der Waals surface area contributed by atoms with E-state index in [1.807, 2.05) is 6.07 Å². The van der Waals surface area contributed by atoms with Crippen LogP contribution < -0.4 is 5.73 Å². The van der Waals surface area contributed by atoms with Gasteiger partial charge in [-0.3, -0.25) is 0 Å². The highest BCUT2D eigenvalue weighted by Gasteiger charge is 2.08. The molecular weight excluding hydrogens is 219 g/mol. The van der Waals surface area contributed by atoms with Crippen molar-refractivity contribution in [2.45, 2.75) is 26.4 Å². The van der Waals surface area contributed by atoms with Crippen LogP contribution in [0.5, 0.6) is 0 Å². The fourth-order valence-electron chi connectivity index (χ4n) is 1.73. The Kier molecular flexibility index (Phi) is 3.49. The first-order chi connectivity index (χ1) is 8.26. The van der Waals surface area contributed by atoms with Crippen LogP contribution in [-0.4, -0.2) is 15.0 Å². The fraction of sp³-hybridized carbons (Fsp3) is 0.333. The molecular formula is C12H15FN4. The highest BCUT2D eigenvalue weighted by molar-refractivity contribution is 5.59. The molecule has 17 heavy (non-hydrogen) atoms. The Hall–Kier alpha value is -1.75. The monoisotopic (exact) mass is 234 g/mol. The molecule has 0 saturated heterocycles. The summed E-state index contributed by atoms with van der Waals surface area (Å²) >= 11 is 0. The summed E-state index contributed by atoms with van der Waals surface area (Å²) in [6.07, 6.45) is 2.60. The van der Waals surface area contributed by atoms with Gasteiger partial charge in [-0.15, -0.1) is 5.10 Å². The Balaban J connectivity index is 2.39. The molecule has 0 aliphatic carbocycles. The molecule has 0 atom stereocenters. The van der Waals surface area contributed by atoms with E-state index in [1.165, 1.54) is 6.07 Å². The first kappa shape index (κ1) is 11.7. The van der Waals surface area contributed by atoms with Crippen molar-refractivity contribution in [2.75, 3.05) is 0 Å². The summed E-state index contributed by atoms with van der Waals surface area (Å²) in [6, 6.07) is 5.02. The van der Waals surface area contributed by atoms with Crippen molar-refractivity contribution in [3.63, 3.8) is 0 Å². The van der Waals surface area contributed by atoms with Crippen LogP contribution in [0.3, 0.4) is 0 Å². The van der Waals surface area contributed by atoms with Gasteiger partial charge in [0.25, 0.3) is 0 Å². The number of aryl methyl sites for hydroxylation is 1. The van der Waals surface area contributed by atoms with Crippen LogP contribution in [0.2, 0.25) is 0 Å². The summed E-state index contributed by atoms with van der Waals surface area (Å²) in [6.45, 7) is 3.04. The Morgan fingerprint density at radius 1 is 1.41 bits per heavy atom. The zero-order valence-electron chi connectivity index (χ0n) is 9.73. The molecule has 90 valence electrons. The lowest BCUT2D eigenvalue weighted by molar-refractivity contribution is 0.583. The Labute approximate surface area is 99.2 Å². The van der Waals surface area contributed by atoms with Crippen molar-refractivity contribution in [1.29, 1.82) is 0 Å². The third kappa shape index (κ3) is 2.34. The number of hydrogen-bond donors (Lipinski definition) is 1. The number of rotatable bonds is 4. The van der Waals surface area contributed by atoms with Crippen molar-refractivity contribution in [3.8, 4) is 11.3 Å². The number of nitrogens with two attached hydrogens (primary N) is 1. The molecule has 0 spiro atoms. The predicted molar refractivity (Wildman–Crippen MR) is 63.6 cm³/mol. The second kappa shape index (κ2) is 5.05. The SMILES string of the molecule is CCCn1nncc1-c1ccc(CN)c(F)c1. The first-order valence-corrected chi connectivity index (χ1v) is 5.63. The lowest BCUT2D eigenvalue weighted by Crippen LogP contribution is -2.03. The number of halogens is 1. The van der Waals surface area contributed by atoms with Gasteiger partial charge in [-0.05, 0) is 12.5 Å². The Bertz CT molecular complexity index is 507. The second-order valence-corrected chi connectivity index (χ2v) is 3.85. The maximum atomic E-state index is 13.6. The predicted octanol–water partition coefficient (Wildman–Crippen LogP) is 1.95. The van der Waals surface area contributed by atoms with Gasteiger partial charge in [-0.1, -0.05) is 24.3 Å². The standard InChI is InChI=1S/C12H15FN4/c1-2-5-17-12(8-15-16-17)9-3-4-10(7-14)11(13)6-9/h3-4,6,8H,2,5,7,14H2,1H3. The van der Waals surface area contributed by atoms with Gasteiger partial charge in [0.15, 0.2) is 0 Å². The third-order valence-corrected chi connectivity index (χ3v) is 2.62. The minimum absolute atomic E-state index is 0.207. The van der Waals surface area contributed by atoms with Gasteiger partial charge >= 0.3 is 0 Å². The van der Waals surface area contributed by atoms with Crippen molar-refractivity contribution >= 4 is 0 Å². The maximum absolute atomic E-state index is 13.6. The quantitative estimate of drug-likeness (QED) is 0.879. The topological polar surface area (TPSA) is 56.7 Å². The van der Waals surface area contributed by atoms with Gasteiger partial charge in [0, 0.05) is 24.2 Å². The molecule has 0 radical (unpaired) electrons. The second-order valence-electron chi connectivity index (χ2n) is 3.85. The first-order valence-electron chi connectivity index (χ1n) is 5.63. The summed E-state index contributed by atoms with van der Waals surface area (Å²) in [5, 5.41) is 7.83. The normalized spacial score (nSPS) is 10.8.